The maximum absolute atomic E-state index is 13.2. The van der Waals surface area contributed by atoms with E-state index in [1.165, 1.54) is 55.2 Å². The number of hydrogen-bond donors (Lipinski definition) is 1. The van der Waals surface area contributed by atoms with Gasteiger partial charge in [-0.1, -0.05) is 12.1 Å². The third-order valence-corrected chi connectivity index (χ3v) is 6.79. The Kier molecular flexibility index (Phi) is 4.68. The zero-order chi connectivity index (χ0) is 23.3. The van der Waals surface area contributed by atoms with Crippen molar-refractivity contribution in [2.24, 2.45) is 0 Å². The summed E-state index contributed by atoms with van der Waals surface area (Å²) in [6, 6.07) is 15.5. The Morgan fingerprint density at radius 2 is 1.73 bits per heavy atom. The second-order valence-electron chi connectivity index (χ2n) is 7.28. The van der Waals surface area contributed by atoms with Gasteiger partial charge in [0.2, 0.25) is 5.78 Å². The van der Waals surface area contributed by atoms with Gasteiger partial charge < -0.3 is 9.47 Å². The van der Waals surface area contributed by atoms with Crippen molar-refractivity contribution in [3.63, 3.8) is 0 Å². The van der Waals surface area contributed by atoms with Crippen LogP contribution in [-0.2, 0) is 10.0 Å². The molecule has 4 aromatic rings. The van der Waals surface area contributed by atoms with Crippen molar-refractivity contribution in [3.8, 4) is 17.2 Å². The number of benzene rings is 3. The molecule has 1 aliphatic rings. The van der Waals surface area contributed by atoms with Crippen LogP contribution in [0.2, 0.25) is 0 Å². The van der Waals surface area contributed by atoms with Crippen LogP contribution < -0.4 is 19.8 Å². The summed E-state index contributed by atoms with van der Waals surface area (Å²) >= 11 is 0. The Morgan fingerprint density at radius 3 is 2.48 bits per heavy atom. The van der Waals surface area contributed by atoms with E-state index in [1.54, 1.807) is 24.3 Å². The van der Waals surface area contributed by atoms with Crippen molar-refractivity contribution in [1.29, 1.82) is 0 Å². The Balaban J connectivity index is 1.60. The predicted octanol–water partition coefficient (Wildman–Crippen LogP) is 2.75. The molecule has 0 amide bonds. The quantitative estimate of drug-likeness (QED) is 0.426. The fourth-order valence-corrected chi connectivity index (χ4v) is 5.01. The molecule has 1 aliphatic heterocycles. The van der Waals surface area contributed by atoms with Crippen molar-refractivity contribution in [2.45, 2.75) is 4.90 Å². The Bertz CT molecular complexity index is 1630. The molecule has 0 unspecified atom stereocenters. The van der Waals surface area contributed by atoms with Gasteiger partial charge in [-0.05, 0) is 42.5 Å². The molecule has 1 N–H and O–H groups in total. The number of nitrogens with one attached hydrogen (secondary N) is 1. The van der Waals surface area contributed by atoms with Gasteiger partial charge in [0, 0.05) is 11.8 Å². The van der Waals surface area contributed by atoms with Crippen LogP contribution in [0.1, 0.15) is 16.2 Å². The smallest absolute Gasteiger partial charge is 0.266 e. The number of hydrogen-bond acceptors (Lipinski definition) is 7. The first-order valence-electron chi connectivity index (χ1n) is 9.80. The molecule has 1 aromatic heterocycles. The zero-order valence-corrected chi connectivity index (χ0v) is 18.3. The molecule has 9 nitrogen and oxygen atoms in total. The predicted molar refractivity (Wildman–Crippen MR) is 121 cm³/mol. The first-order valence-corrected chi connectivity index (χ1v) is 11.3. The fourth-order valence-electron chi connectivity index (χ4n) is 3.81. The monoisotopic (exact) mass is 463 g/mol. The third kappa shape index (κ3) is 3.23. The van der Waals surface area contributed by atoms with E-state index >= 15 is 0 Å². The molecule has 0 aliphatic carbocycles. The number of rotatable bonds is 5. The average Bonchev–Trinajstić information content (AvgIpc) is 3.11. The SMILES string of the molecule is COc1ccc(S(=O)(=O)Nc2ccc3nc4n(c(=O)c3c2)-c2ccccc2C4=O)c(OC)c1. The number of fused-ring (bicyclic) bond motifs is 4. The minimum absolute atomic E-state index is 0.0324. The van der Waals surface area contributed by atoms with E-state index in [0.29, 0.717) is 17.0 Å². The molecule has 0 saturated heterocycles. The molecule has 10 heteroatoms. The summed E-state index contributed by atoms with van der Waals surface area (Å²) in [6.07, 6.45) is 0. The highest BCUT2D eigenvalue weighted by atomic mass is 32.2. The number of ketones is 1. The van der Waals surface area contributed by atoms with Crippen LogP contribution >= 0.6 is 0 Å². The summed E-state index contributed by atoms with van der Waals surface area (Å²) in [4.78, 5) is 30.2. The average molecular weight is 463 g/mol. The molecule has 166 valence electrons. The van der Waals surface area contributed by atoms with Gasteiger partial charge in [0.1, 0.15) is 16.4 Å². The summed E-state index contributed by atoms with van der Waals surface area (Å²) in [7, 11) is -1.22. The van der Waals surface area contributed by atoms with Crippen molar-refractivity contribution >= 4 is 32.4 Å². The molecule has 0 fully saturated rings. The van der Waals surface area contributed by atoms with Crippen LogP contribution in [0, 0.1) is 0 Å². The Morgan fingerprint density at radius 1 is 0.939 bits per heavy atom. The van der Waals surface area contributed by atoms with Gasteiger partial charge in [-0.2, -0.15) is 0 Å². The largest absolute Gasteiger partial charge is 0.497 e. The van der Waals surface area contributed by atoms with Gasteiger partial charge in [-0.3, -0.25) is 18.9 Å². The number of sulfonamides is 1. The van der Waals surface area contributed by atoms with Crippen LogP contribution in [0.15, 0.2) is 70.4 Å². The number of carbonyl (C=O) groups excluding carboxylic acids is 1. The second kappa shape index (κ2) is 7.45. The highest BCUT2D eigenvalue weighted by Gasteiger charge is 2.30. The van der Waals surface area contributed by atoms with Crippen molar-refractivity contribution in [3.05, 3.63) is 82.4 Å². The lowest BCUT2D eigenvalue weighted by atomic mass is 10.1. The molecular formula is C23H17N3O6S. The lowest BCUT2D eigenvalue weighted by Gasteiger charge is -2.13. The molecule has 0 atom stereocenters. The number of ether oxygens (including phenoxy) is 2. The third-order valence-electron chi connectivity index (χ3n) is 5.37. The molecule has 0 radical (unpaired) electrons. The minimum atomic E-state index is -4.05. The van der Waals surface area contributed by atoms with Crippen LogP contribution in [0.3, 0.4) is 0 Å². The number of para-hydroxylation sites is 1. The van der Waals surface area contributed by atoms with Gasteiger partial charge in [0.05, 0.1) is 36.4 Å². The van der Waals surface area contributed by atoms with Gasteiger partial charge in [-0.15, -0.1) is 0 Å². The van der Waals surface area contributed by atoms with E-state index in [2.05, 4.69) is 9.71 Å². The van der Waals surface area contributed by atoms with Crippen molar-refractivity contribution < 1.29 is 22.7 Å². The van der Waals surface area contributed by atoms with Gasteiger partial charge in [-0.25, -0.2) is 13.4 Å². The standard InChI is InChI=1S/C23H17N3O6S/c1-31-14-8-10-20(19(12-14)32-2)33(29,30)25-13-7-9-17-16(11-13)23(28)26-18-6-4-3-5-15(18)21(27)22(26)24-17/h3-12,25H,1-2H3. The lowest BCUT2D eigenvalue weighted by molar-refractivity contribution is 0.103. The van der Waals surface area contributed by atoms with E-state index in [9.17, 15) is 18.0 Å². The Labute approximate surface area is 188 Å². The van der Waals surface area contributed by atoms with E-state index in [1.807, 2.05) is 0 Å². The second-order valence-corrected chi connectivity index (χ2v) is 8.93. The first-order chi connectivity index (χ1) is 15.8. The number of carbonyl (C=O) groups is 1. The number of anilines is 1. The minimum Gasteiger partial charge on any atom is -0.497 e. The molecular weight excluding hydrogens is 446 g/mol. The highest BCUT2D eigenvalue weighted by Crippen LogP contribution is 2.31. The number of nitrogens with zero attached hydrogens (tertiary/aromatic N) is 2. The molecule has 3 aromatic carbocycles. The number of methoxy groups -OCH3 is 2. The zero-order valence-electron chi connectivity index (χ0n) is 17.5. The number of aromatic nitrogens is 2. The highest BCUT2D eigenvalue weighted by molar-refractivity contribution is 7.92. The molecule has 33 heavy (non-hydrogen) atoms. The summed E-state index contributed by atoms with van der Waals surface area (Å²) in [6.45, 7) is 0. The van der Waals surface area contributed by atoms with Gasteiger partial charge in [0.25, 0.3) is 15.6 Å². The van der Waals surface area contributed by atoms with Gasteiger partial charge in [0.15, 0.2) is 5.82 Å². The van der Waals surface area contributed by atoms with E-state index in [-0.39, 0.29) is 38.8 Å². The van der Waals surface area contributed by atoms with Crippen molar-refractivity contribution in [1.82, 2.24) is 9.55 Å². The van der Waals surface area contributed by atoms with E-state index < -0.39 is 15.6 Å². The Hall–Kier alpha value is -4.18. The summed E-state index contributed by atoms with van der Waals surface area (Å²) < 4.78 is 40.1. The van der Waals surface area contributed by atoms with Crippen LogP contribution in [0.4, 0.5) is 5.69 Å². The molecule has 5 rings (SSSR count). The maximum Gasteiger partial charge on any atom is 0.266 e. The van der Waals surface area contributed by atoms with Crippen LogP contribution in [0.25, 0.3) is 16.6 Å². The summed E-state index contributed by atoms with van der Waals surface area (Å²) in [5.41, 5.74) is 0.835. The normalized spacial score (nSPS) is 12.4. The first kappa shape index (κ1) is 20.7. The lowest BCUT2D eigenvalue weighted by Crippen LogP contribution is -2.22. The molecule has 0 spiro atoms. The fraction of sp³-hybridized carbons (Fsp3) is 0.0870. The molecule has 0 saturated carbocycles. The molecule has 2 heterocycles. The summed E-state index contributed by atoms with van der Waals surface area (Å²) in [5, 5.41) is 0.171. The van der Waals surface area contributed by atoms with E-state index in [0.717, 1.165) is 0 Å². The van der Waals surface area contributed by atoms with E-state index in [4.69, 9.17) is 9.47 Å². The van der Waals surface area contributed by atoms with Gasteiger partial charge >= 0.3 is 0 Å². The van der Waals surface area contributed by atoms with Crippen LogP contribution in [-0.4, -0.2) is 38.0 Å². The summed E-state index contributed by atoms with van der Waals surface area (Å²) in [5.74, 6) is 0.252. The molecule has 0 bridgehead atoms. The topological polar surface area (TPSA) is 117 Å². The van der Waals surface area contributed by atoms with Crippen molar-refractivity contribution in [2.75, 3.05) is 18.9 Å². The van der Waals surface area contributed by atoms with Crippen LogP contribution in [0.5, 0.6) is 11.5 Å². The maximum atomic E-state index is 13.2.